The van der Waals surface area contributed by atoms with Gasteiger partial charge in [-0.3, -0.25) is 0 Å². The van der Waals surface area contributed by atoms with Crippen molar-refractivity contribution in [3.05, 3.63) is 27.7 Å². The third-order valence-electron chi connectivity index (χ3n) is 2.24. The Bertz CT molecular complexity index is 523. The Balaban J connectivity index is 1.99. The van der Waals surface area contributed by atoms with Gasteiger partial charge in [0.25, 0.3) is 0 Å². The van der Waals surface area contributed by atoms with Crippen molar-refractivity contribution in [2.45, 2.75) is 13.0 Å². The number of aromatic nitrogens is 3. The van der Waals surface area contributed by atoms with Gasteiger partial charge < -0.3 is 15.2 Å². The van der Waals surface area contributed by atoms with Crippen LogP contribution in [0.4, 0.5) is 5.95 Å². The topological polar surface area (TPSA) is 80.2 Å². The molecule has 0 spiro atoms. The van der Waals surface area contributed by atoms with E-state index in [0.29, 0.717) is 6.61 Å². The average molecular weight is 301 g/mol. The molecule has 2 N–H and O–H groups in total. The quantitative estimate of drug-likeness (QED) is 0.851. The molecule has 19 heavy (non-hydrogen) atoms. The largest absolute Gasteiger partial charge is 0.464 e. The minimum Gasteiger partial charge on any atom is -0.464 e. The van der Waals surface area contributed by atoms with Gasteiger partial charge in [0.1, 0.15) is 0 Å². The summed E-state index contributed by atoms with van der Waals surface area (Å²) in [6, 6.07) is 2.03. The number of thiophene rings is 1. The summed E-state index contributed by atoms with van der Waals surface area (Å²) in [6.45, 7) is 2.55. The van der Waals surface area contributed by atoms with E-state index in [1.54, 1.807) is 0 Å². The molecule has 0 bridgehead atoms. The normalized spacial score (nSPS) is 12.2. The zero-order valence-corrected chi connectivity index (χ0v) is 11.8. The first kappa shape index (κ1) is 14.0. The lowest BCUT2D eigenvalue weighted by Gasteiger charge is -2.11. The van der Waals surface area contributed by atoms with E-state index in [1.165, 1.54) is 11.3 Å². The minimum atomic E-state index is -0.627. The van der Waals surface area contributed by atoms with E-state index in [0.717, 1.165) is 5.56 Å². The Morgan fingerprint density at radius 1 is 1.47 bits per heavy atom. The average Bonchev–Trinajstić information content (AvgIpc) is 2.89. The van der Waals surface area contributed by atoms with Crippen LogP contribution in [0.1, 0.15) is 18.6 Å². The van der Waals surface area contributed by atoms with Crippen molar-refractivity contribution < 1.29 is 9.84 Å². The fraction of sp³-hybridized carbons (Fsp3) is 0.364. The van der Waals surface area contributed by atoms with Gasteiger partial charge in [0, 0.05) is 6.54 Å². The molecule has 0 aromatic carbocycles. The third kappa shape index (κ3) is 4.02. The molecule has 102 valence electrons. The monoisotopic (exact) mass is 300 g/mol. The number of ether oxygens (including phenoxy) is 1. The molecule has 8 heteroatoms. The molecule has 0 aliphatic heterocycles. The molecule has 1 atom stereocenters. The number of halogens is 1. The summed E-state index contributed by atoms with van der Waals surface area (Å²) >= 11 is 7.29. The van der Waals surface area contributed by atoms with Crippen LogP contribution < -0.4 is 10.1 Å². The zero-order chi connectivity index (χ0) is 13.7. The van der Waals surface area contributed by atoms with Gasteiger partial charge in [-0.2, -0.15) is 26.3 Å². The Morgan fingerprint density at radius 3 is 3.00 bits per heavy atom. The second-order valence-corrected chi connectivity index (χ2v) is 4.72. The van der Waals surface area contributed by atoms with Crippen LogP contribution >= 0.6 is 22.9 Å². The summed E-state index contributed by atoms with van der Waals surface area (Å²) in [5, 5.41) is 16.7. The minimum absolute atomic E-state index is 0.0472. The number of anilines is 1. The number of hydrogen-bond donors (Lipinski definition) is 2. The first-order chi connectivity index (χ1) is 9.19. The van der Waals surface area contributed by atoms with Gasteiger partial charge in [-0.1, -0.05) is 0 Å². The van der Waals surface area contributed by atoms with Crippen LogP contribution in [0.2, 0.25) is 5.28 Å². The first-order valence-electron chi connectivity index (χ1n) is 5.67. The summed E-state index contributed by atoms with van der Waals surface area (Å²) < 4.78 is 5.16. The highest BCUT2D eigenvalue weighted by atomic mass is 35.5. The van der Waals surface area contributed by atoms with E-state index >= 15 is 0 Å². The number of aliphatic hydroxyl groups excluding tert-OH is 1. The van der Waals surface area contributed by atoms with Crippen LogP contribution in [0.5, 0.6) is 6.01 Å². The Morgan fingerprint density at radius 2 is 2.32 bits per heavy atom. The first-order valence-corrected chi connectivity index (χ1v) is 6.99. The van der Waals surface area contributed by atoms with Gasteiger partial charge in [-0.25, -0.2) is 0 Å². The zero-order valence-electron chi connectivity index (χ0n) is 10.2. The fourth-order valence-electron chi connectivity index (χ4n) is 1.38. The molecule has 2 aromatic heterocycles. The molecule has 0 saturated carbocycles. The number of nitrogens with one attached hydrogen (secondary N) is 1. The van der Waals surface area contributed by atoms with Crippen molar-refractivity contribution in [3.8, 4) is 6.01 Å². The molecular weight excluding hydrogens is 288 g/mol. The van der Waals surface area contributed by atoms with E-state index in [-0.39, 0.29) is 23.8 Å². The van der Waals surface area contributed by atoms with E-state index in [2.05, 4.69) is 20.3 Å². The number of aliphatic hydroxyl groups is 1. The van der Waals surface area contributed by atoms with E-state index < -0.39 is 6.10 Å². The Labute approximate surface area is 119 Å². The van der Waals surface area contributed by atoms with Crippen molar-refractivity contribution in [2.24, 2.45) is 0 Å². The summed E-state index contributed by atoms with van der Waals surface area (Å²) in [5.41, 5.74) is 0.850. The number of hydrogen-bond acceptors (Lipinski definition) is 7. The second-order valence-electron chi connectivity index (χ2n) is 3.60. The Hall–Kier alpha value is -1.44. The van der Waals surface area contributed by atoms with Gasteiger partial charge in [0.05, 0.1) is 12.7 Å². The van der Waals surface area contributed by atoms with Crippen molar-refractivity contribution in [3.63, 3.8) is 0 Å². The van der Waals surface area contributed by atoms with Crippen LogP contribution in [0.3, 0.4) is 0 Å². The maximum Gasteiger partial charge on any atom is 0.322 e. The van der Waals surface area contributed by atoms with Crippen molar-refractivity contribution >= 4 is 28.9 Å². The van der Waals surface area contributed by atoms with Crippen LogP contribution in [0.25, 0.3) is 0 Å². The van der Waals surface area contributed by atoms with Crippen molar-refractivity contribution in [1.82, 2.24) is 15.0 Å². The van der Waals surface area contributed by atoms with Crippen LogP contribution in [-0.2, 0) is 0 Å². The Kier molecular flexibility index (Phi) is 4.89. The lowest BCUT2D eigenvalue weighted by atomic mass is 10.2. The number of nitrogens with zero attached hydrogens (tertiary/aromatic N) is 3. The highest BCUT2D eigenvalue weighted by Gasteiger charge is 2.10. The predicted octanol–water partition coefficient (Wildman–Crippen LogP) is 2.13. The van der Waals surface area contributed by atoms with Crippen LogP contribution in [-0.4, -0.2) is 33.2 Å². The second kappa shape index (κ2) is 6.65. The highest BCUT2D eigenvalue weighted by Crippen LogP contribution is 2.17. The highest BCUT2D eigenvalue weighted by molar-refractivity contribution is 7.07. The SMILES string of the molecule is CCOc1nc(Cl)nc(NCC(O)c2ccsc2)n1. The molecule has 0 fully saturated rings. The molecule has 0 saturated heterocycles. The lowest BCUT2D eigenvalue weighted by molar-refractivity contribution is 0.192. The van der Waals surface area contributed by atoms with E-state index in [9.17, 15) is 5.11 Å². The smallest absolute Gasteiger partial charge is 0.322 e. The van der Waals surface area contributed by atoms with Crippen LogP contribution in [0.15, 0.2) is 16.8 Å². The van der Waals surface area contributed by atoms with E-state index in [1.807, 2.05) is 23.8 Å². The van der Waals surface area contributed by atoms with Gasteiger partial charge in [-0.05, 0) is 40.9 Å². The standard InChI is InChI=1S/C11H13ClN4O2S/c1-2-18-11-15-9(12)14-10(16-11)13-5-8(17)7-3-4-19-6-7/h3-4,6,8,17H,2,5H2,1H3,(H,13,14,15,16). The third-order valence-corrected chi connectivity index (χ3v) is 3.11. The van der Waals surface area contributed by atoms with Gasteiger partial charge in [0.2, 0.25) is 11.2 Å². The molecule has 2 rings (SSSR count). The summed E-state index contributed by atoms with van der Waals surface area (Å²) in [7, 11) is 0. The molecule has 0 aliphatic rings. The number of rotatable bonds is 6. The fourth-order valence-corrected chi connectivity index (χ4v) is 2.23. The maximum atomic E-state index is 9.92. The molecular formula is C11H13ClN4O2S. The van der Waals surface area contributed by atoms with Crippen molar-refractivity contribution in [1.29, 1.82) is 0 Å². The summed E-state index contributed by atoms with van der Waals surface area (Å²) in [5.74, 6) is 0.276. The van der Waals surface area contributed by atoms with Gasteiger partial charge >= 0.3 is 6.01 Å². The molecule has 2 heterocycles. The molecule has 0 aliphatic carbocycles. The summed E-state index contributed by atoms with van der Waals surface area (Å²) in [4.78, 5) is 11.8. The summed E-state index contributed by atoms with van der Waals surface area (Å²) in [6.07, 6.45) is -0.627. The molecule has 1 unspecified atom stereocenters. The van der Waals surface area contributed by atoms with Crippen molar-refractivity contribution in [2.75, 3.05) is 18.5 Å². The van der Waals surface area contributed by atoms with Crippen LogP contribution in [0, 0.1) is 0 Å². The molecule has 2 aromatic rings. The van der Waals surface area contributed by atoms with E-state index in [4.69, 9.17) is 16.3 Å². The predicted molar refractivity (Wildman–Crippen MR) is 73.8 cm³/mol. The molecule has 0 radical (unpaired) electrons. The van der Waals surface area contributed by atoms with Gasteiger partial charge in [-0.15, -0.1) is 0 Å². The molecule has 6 nitrogen and oxygen atoms in total. The van der Waals surface area contributed by atoms with Gasteiger partial charge in [0.15, 0.2) is 0 Å². The lowest BCUT2D eigenvalue weighted by Crippen LogP contribution is -2.14. The maximum absolute atomic E-state index is 9.92. The molecule has 0 amide bonds.